The summed E-state index contributed by atoms with van der Waals surface area (Å²) in [5, 5.41) is 3.81. The Kier molecular flexibility index (Phi) is 4.62. The van der Waals surface area contributed by atoms with E-state index < -0.39 is 0 Å². The maximum Gasteiger partial charge on any atom is 0.317 e. The van der Waals surface area contributed by atoms with Crippen molar-refractivity contribution >= 4 is 27.6 Å². The lowest BCUT2D eigenvalue weighted by molar-refractivity contribution is 0.0904. The van der Waals surface area contributed by atoms with Gasteiger partial charge in [-0.15, -0.1) is 11.3 Å². The summed E-state index contributed by atoms with van der Waals surface area (Å²) in [5.74, 6) is 1.45. The zero-order valence-corrected chi connectivity index (χ0v) is 15.2. The average molecular weight is 369 g/mol. The standard InChI is InChI=1S/C19H19N3O3S/c1-22(11-18-21-14-6-2-5-9-17(14)26-18)19(23)20-10-13-12-24-15-7-3-4-8-16(15)25-13/h2-9,13H,10-12H2,1H3,(H,20,23)/t13-/m0/s1. The molecule has 1 N–H and O–H groups in total. The Hall–Kier alpha value is -2.80. The van der Waals surface area contributed by atoms with Gasteiger partial charge in [0.25, 0.3) is 0 Å². The van der Waals surface area contributed by atoms with Gasteiger partial charge in [-0.05, 0) is 24.3 Å². The monoisotopic (exact) mass is 369 g/mol. The van der Waals surface area contributed by atoms with Crippen molar-refractivity contribution in [1.29, 1.82) is 0 Å². The first kappa shape index (κ1) is 16.7. The van der Waals surface area contributed by atoms with Crippen LogP contribution in [0.15, 0.2) is 48.5 Å². The molecule has 2 heterocycles. The van der Waals surface area contributed by atoms with Crippen LogP contribution in [0.3, 0.4) is 0 Å². The minimum Gasteiger partial charge on any atom is -0.486 e. The quantitative estimate of drug-likeness (QED) is 0.767. The van der Waals surface area contributed by atoms with Crippen LogP contribution in [0, 0.1) is 0 Å². The molecule has 0 fully saturated rings. The number of carbonyl (C=O) groups excluding carboxylic acids is 1. The molecule has 0 unspecified atom stereocenters. The molecule has 1 aliphatic rings. The fourth-order valence-electron chi connectivity index (χ4n) is 2.76. The van der Waals surface area contributed by atoms with E-state index in [0.29, 0.717) is 25.4 Å². The normalized spacial score (nSPS) is 15.7. The summed E-state index contributed by atoms with van der Waals surface area (Å²) >= 11 is 1.60. The van der Waals surface area contributed by atoms with Crippen LogP contribution in [-0.4, -0.2) is 42.2 Å². The first-order valence-electron chi connectivity index (χ1n) is 8.41. The number of fused-ring (bicyclic) bond motifs is 2. The molecule has 0 bridgehead atoms. The van der Waals surface area contributed by atoms with E-state index in [-0.39, 0.29) is 12.1 Å². The van der Waals surface area contributed by atoms with Crippen molar-refractivity contribution in [3.05, 3.63) is 53.5 Å². The second-order valence-electron chi connectivity index (χ2n) is 6.12. The molecule has 0 spiro atoms. The molecule has 2 amide bonds. The third kappa shape index (κ3) is 3.57. The summed E-state index contributed by atoms with van der Waals surface area (Å²) in [5.41, 5.74) is 0.965. The molecule has 0 radical (unpaired) electrons. The van der Waals surface area contributed by atoms with Crippen molar-refractivity contribution in [2.24, 2.45) is 0 Å². The molecule has 134 valence electrons. The Labute approximate surface area is 155 Å². The van der Waals surface area contributed by atoms with Crippen molar-refractivity contribution in [1.82, 2.24) is 15.2 Å². The van der Waals surface area contributed by atoms with Gasteiger partial charge in [-0.2, -0.15) is 0 Å². The fourth-order valence-corrected chi connectivity index (χ4v) is 3.78. The minimum absolute atomic E-state index is 0.160. The SMILES string of the molecule is CN(Cc1nc2ccccc2s1)C(=O)NC[C@H]1COc2ccccc2O1. The van der Waals surface area contributed by atoms with Gasteiger partial charge in [0.15, 0.2) is 17.6 Å². The number of aromatic nitrogens is 1. The lowest BCUT2D eigenvalue weighted by Crippen LogP contribution is -2.44. The van der Waals surface area contributed by atoms with Gasteiger partial charge in [-0.3, -0.25) is 0 Å². The van der Waals surface area contributed by atoms with Crippen molar-refractivity contribution in [2.75, 3.05) is 20.2 Å². The third-order valence-corrected chi connectivity index (χ3v) is 5.13. The summed E-state index contributed by atoms with van der Waals surface area (Å²) in [6.07, 6.45) is -0.204. The molecule has 4 rings (SSSR count). The summed E-state index contributed by atoms with van der Waals surface area (Å²) < 4.78 is 12.6. The van der Waals surface area contributed by atoms with Gasteiger partial charge in [-0.1, -0.05) is 24.3 Å². The number of nitrogens with zero attached hydrogens (tertiary/aromatic N) is 2. The first-order chi connectivity index (χ1) is 12.7. The van der Waals surface area contributed by atoms with E-state index in [1.165, 1.54) is 0 Å². The third-order valence-electron chi connectivity index (χ3n) is 4.11. The topological polar surface area (TPSA) is 63.7 Å². The zero-order chi connectivity index (χ0) is 17.9. The van der Waals surface area contributed by atoms with Crippen LogP contribution in [0.2, 0.25) is 0 Å². The highest BCUT2D eigenvalue weighted by Gasteiger charge is 2.22. The van der Waals surface area contributed by atoms with Crippen LogP contribution in [0.25, 0.3) is 10.2 Å². The zero-order valence-electron chi connectivity index (χ0n) is 14.3. The molecule has 7 heteroatoms. The lowest BCUT2D eigenvalue weighted by atomic mass is 10.2. The lowest BCUT2D eigenvalue weighted by Gasteiger charge is -2.27. The Morgan fingerprint density at radius 1 is 1.23 bits per heavy atom. The van der Waals surface area contributed by atoms with Crippen LogP contribution < -0.4 is 14.8 Å². The minimum atomic E-state index is -0.204. The number of rotatable bonds is 4. The second kappa shape index (κ2) is 7.21. The van der Waals surface area contributed by atoms with E-state index in [2.05, 4.69) is 10.3 Å². The van der Waals surface area contributed by atoms with Gasteiger partial charge in [0.2, 0.25) is 0 Å². The van der Waals surface area contributed by atoms with Crippen LogP contribution in [-0.2, 0) is 6.54 Å². The Bertz CT molecular complexity index is 894. The molecular formula is C19H19N3O3S. The van der Waals surface area contributed by atoms with Gasteiger partial charge in [0.1, 0.15) is 11.6 Å². The summed E-state index contributed by atoms with van der Waals surface area (Å²) in [6.45, 7) is 1.27. The molecule has 1 atom stereocenters. The molecule has 2 aromatic carbocycles. The van der Waals surface area contributed by atoms with Gasteiger partial charge < -0.3 is 19.7 Å². The molecule has 1 aliphatic heterocycles. The van der Waals surface area contributed by atoms with Crippen molar-refractivity contribution < 1.29 is 14.3 Å². The molecule has 26 heavy (non-hydrogen) atoms. The number of carbonyl (C=O) groups is 1. The number of hydrogen-bond acceptors (Lipinski definition) is 5. The number of benzene rings is 2. The summed E-state index contributed by atoms with van der Waals surface area (Å²) in [6, 6.07) is 15.3. The second-order valence-corrected chi connectivity index (χ2v) is 7.23. The molecule has 6 nitrogen and oxygen atoms in total. The predicted octanol–water partition coefficient (Wildman–Crippen LogP) is 3.28. The van der Waals surface area contributed by atoms with Crippen LogP contribution in [0.4, 0.5) is 4.79 Å². The van der Waals surface area contributed by atoms with Crippen molar-refractivity contribution in [2.45, 2.75) is 12.6 Å². The van der Waals surface area contributed by atoms with E-state index in [9.17, 15) is 4.79 Å². The number of ether oxygens (including phenoxy) is 2. The van der Waals surface area contributed by atoms with Crippen LogP contribution in [0.1, 0.15) is 5.01 Å². The number of nitrogens with one attached hydrogen (secondary N) is 1. The maximum absolute atomic E-state index is 12.3. The molecule has 3 aromatic rings. The van der Waals surface area contributed by atoms with Crippen LogP contribution in [0.5, 0.6) is 11.5 Å². The predicted molar refractivity (Wildman–Crippen MR) is 101 cm³/mol. The van der Waals surface area contributed by atoms with Gasteiger partial charge in [0, 0.05) is 7.05 Å². The van der Waals surface area contributed by atoms with E-state index in [4.69, 9.17) is 9.47 Å². The smallest absolute Gasteiger partial charge is 0.317 e. The Morgan fingerprint density at radius 2 is 2.00 bits per heavy atom. The van der Waals surface area contributed by atoms with Gasteiger partial charge in [0.05, 0.1) is 23.3 Å². The highest BCUT2D eigenvalue weighted by molar-refractivity contribution is 7.18. The van der Waals surface area contributed by atoms with Gasteiger partial charge in [-0.25, -0.2) is 9.78 Å². The number of hydrogen-bond donors (Lipinski definition) is 1. The molecule has 0 aliphatic carbocycles. The van der Waals surface area contributed by atoms with E-state index >= 15 is 0 Å². The largest absolute Gasteiger partial charge is 0.486 e. The highest BCUT2D eigenvalue weighted by atomic mass is 32.1. The first-order valence-corrected chi connectivity index (χ1v) is 9.22. The average Bonchev–Trinajstić information content (AvgIpc) is 3.08. The molecular weight excluding hydrogens is 350 g/mol. The Balaban J connectivity index is 1.30. The molecule has 0 saturated heterocycles. The summed E-state index contributed by atoms with van der Waals surface area (Å²) in [4.78, 5) is 18.5. The number of urea groups is 1. The van der Waals surface area contributed by atoms with Gasteiger partial charge >= 0.3 is 6.03 Å². The van der Waals surface area contributed by atoms with E-state index in [0.717, 1.165) is 21.0 Å². The molecule has 0 saturated carbocycles. The van der Waals surface area contributed by atoms with Crippen LogP contribution >= 0.6 is 11.3 Å². The van der Waals surface area contributed by atoms with E-state index in [1.54, 1.807) is 23.3 Å². The maximum atomic E-state index is 12.3. The number of para-hydroxylation sites is 3. The fraction of sp³-hybridized carbons (Fsp3) is 0.263. The summed E-state index contributed by atoms with van der Waals surface area (Å²) in [7, 11) is 1.76. The highest BCUT2D eigenvalue weighted by Crippen LogP contribution is 2.30. The Morgan fingerprint density at radius 3 is 2.85 bits per heavy atom. The van der Waals surface area contributed by atoms with E-state index in [1.807, 2.05) is 48.5 Å². The molecule has 1 aromatic heterocycles. The van der Waals surface area contributed by atoms with Crippen molar-refractivity contribution in [3.8, 4) is 11.5 Å². The number of amides is 2. The van der Waals surface area contributed by atoms with Crippen molar-refractivity contribution in [3.63, 3.8) is 0 Å². The number of thiazole rings is 1.